The average molecular weight is 261 g/mol. The minimum atomic E-state index is -1.03. The normalized spacial score (nSPS) is 14.3. The third-order valence-electron chi connectivity index (χ3n) is 3.30. The maximum Gasteiger partial charge on any atom is 0.112 e. The molecule has 0 aromatic heterocycles. The molecule has 94 valence electrons. The van der Waals surface area contributed by atoms with Gasteiger partial charge in [0.2, 0.25) is 0 Å². The van der Waals surface area contributed by atoms with Gasteiger partial charge >= 0.3 is 0 Å². The quantitative estimate of drug-likeness (QED) is 0.858. The van der Waals surface area contributed by atoms with Gasteiger partial charge in [0.25, 0.3) is 0 Å². The third kappa shape index (κ3) is 2.43. The Labute approximate surface area is 113 Å². The van der Waals surface area contributed by atoms with Crippen LogP contribution in [-0.2, 0) is 5.60 Å². The monoisotopic (exact) mass is 260 g/mol. The number of rotatable bonds is 2. The van der Waals surface area contributed by atoms with Crippen molar-refractivity contribution in [2.75, 3.05) is 0 Å². The van der Waals surface area contributed by atoms with Crippen LogP contribution < -0.4 is 0 Å². The smallest absolute Gasteiger partial charge is 0.112 e. The van der Waals surface area contributed by atoms with Crippen molar-refractivity contribution in [3.8, 4) is 0 Å². The van der Waals surface area contributed by atoms with Crippen molar-refractivity contribution in [1.82, 2.24) is 0 Å². The van der Waals surface area contributed by atoms with Crippen LogP contribution in [0.4, 0.5) is 0 Å². The predicted molar refractivity (Wildman–Crippen MR) is 76.0 cm³/mol. The summed E-state index contributed by atoms with van der Waals surface area (Å²) in [5, 5.41) is 11.5. The molecule has 0 fully saturated rings. The highest BCUT2D eigenvalue weighted by Crippen LogP contribution is 2.32. The van der Waals surface area contributed by atoms with Gasteiger partial charge in [-0.2, -0.15) is 0 Å². The van der Waals surface area contributed by atoms with Crippen molar-refractivity contribution in [2.45, 2.75) is 26.4 Å². The number of halogens is 1. The first-order valence-corrected chi connectivity index (χ1v) is 6.35. The second kappa shape index (κ2) is 4.75. The van der Waals surface area contributed by atoms with E-state index in [9.17, 15) is 5.11 Å². The summed E-state index contributed by atoms with van der Waals surface area (Å²) in [4.78, 5) is 0. The van der Waals surface area contributed by atoms with E-state index >= 15 is 0 Å². The van der Waals surface area contributed by atoms with E-state index in [-0.39, 0.29) is 0 Å². The van der Waals surface area contributed by atoms with Crippen molar-refractivity contribution in [3.05, 3.63) is 69.7 Å². The van der Waals surface area contributed by atoms with Crippen LogP contribution in [0.5, 0.6) is 0 Å². The Morgan fingerprint density at radius 3 is 2.44 bits per heavy atom. The molecule has 0 radical (unpaired) electrons. The third-order valence-corrected chi connectivity index (χ3v) is 3.54. The predicted octanol–water partition coefficient (Wildman–Crippen LogP) is 4.21. The highest BCUT2D eigenvalue weighted by Gasteiger charge is 2.27. The van der Waals surface area contributed by atoms with Gasteiger partial charge in [-0.3, -0.25) is 0 Å². The molecule has 0 saturated carbocycles. The number of benzene rings is 2. The van der Waals surface area contributed by atoms with Gasteiger partial charge in [-0.05, 0) is 49.6 Å². The van der Waals surface area contributed by atoms with E-state index < -0.39 is 5.60 Å². The zero-order valence-corrected chi connectivity index (χ0v) is 11.6. The Morgan fingerprint density at radius 1 is 1.06 bits per heavy atom. The van der Waals surface area contributed by atoms with Crippen LogP contribution in [-0.4, -0.2) is 5.11 Å². The van der Waals surface area contributed by atoms with Gasteiger partial charge < -0.3 is 5.11 Å². The molecular formula is C16H17ClO. The highest BCUT2D eigenvalue weighted by atomic mass is 35.5. The molecule has 2 aromatic rings. The molecule has 1 nitrogen and oxygen atoms in total. The summed E-state index contributed by atoms with van der Waals surface area (Å²) in [6.45, 7) is 5.84. The van der Waals surface area contributed by atoms with Crippen LogP contribution in [0, 0.1) is 13.8 Å². The van der Waals surface area contributed by atoms with Crippen molar-refractivity contribution in [2.24, 2.45) is 0 Å². The summed E-state index contributed by atoms with van der Waals surface area (Å²) in [7, 11) is 0. The van der Waals surface area contributed by atoms with Gasteiger partial charge in [-0.15, -0.1) is 0 Å². The lowest BCUT2D eigenvalue weighted by Crippen LogP contribution is -2.24. The highest BCUT2D eigenvalue weighted by molar-refractivity contribution is 6.30. The fourth-order valence-electron chi connectivity index (χ4n) is 2.21. The van der Waals surface area contributed by atoms with E-state index in [1.54, 1.807) is 6.92 Å². The summed E-state index contributed by atoms with van der Waals surface area (Å²) >= 11 is 6.00. The maximum atomic E-state index is 10.8. The Morgan fingerprint density at radius 2 is 1.78 bits per heavy atom. The second-order valence-electron chi connectivity index (χ2n) is 4.90. The van der Waals surface area contributed by atoms with Crippen LogP contribution in [0.2, 0.25) is 5.02 Å². The van der Waals surface area contributed by atoms with Gasteiger partial charge in [-0.25, -0.2) is 0 Å². The molecular weight excluding hydrogens is 244 g/mol. The maximum absolute atomic E-state index is 10.8. The van der Waals surface area contributed by atoms with Crippen molar-refractivity contribution in [1.29, 1.82) is 0 Å². The van der Waals surface area contributed by atoms with Gasteiger partial charge in [0.05, 0.1) is 0 Å². The Bertz CT molecular complexity index is 573. The molecule has 0 heterocycles. The summed E-state index contributed by atoms with van der Waals surface area (Å²) in [5.41, 5.74) is 2.91. The molecule has 1 atom stereocenters. The topological polar surface area (TPSA) is 20.2 Å². The van der Waals surface area contributed by atoms with Gasteiger partial charge in [-0.1, -0.05) is 47.5 Å². The van der Waals surface area contributed by atoms with Gasteiger partial charge in [0, 0.05) is 5.02 Å². The van der Waals surface area contributed by atoms with E-state index in [4.69, 9.17) is 11.6 Å². The minimum absolute atomic E-state index is 0.637. The molecule has 2 aromatic carbocycles. The second-order valence-corrected chi connectivity index (χ2v) is 5.34. The Balaban J connectivity index is 2.57. The molecule has 2 heteroatoms. The zero-order chi connectivity index (χ0) is 13.3. The van der Waals surface area contributed by atoms with E-state index in [2.05, 4.69) is 0 Å². The molecule has 0 aliphatic rings. The molecule has 18 heavy (non-hydrogen) atoms. The molecule has 0 saturated heterocycles. The SMILES string of the molecule is Cc1ccc(C)c(C(C)(O)c2cccc(Cl)c2)c1. The number of hydrogen-bond acceptors (Lipinski definition) is 1. The minimum Gasteiger partial charge on any atom is -0.381 e. The first kappa shape index (κ1) is 13.1. The molecule has 0 bridgehead atoms. The lowest BCUT2D eigenvalue weighted by atomic mass is 9.85. The number of aryl methyl sites for hydroxylation is 2. The Hall–Kier alpha value is -1.31. The van der Waals surface area contributed by atoms with Crippen LogP contribution in [0.1, 0.15) is 29.2 Å². The summed E-state index contributed by atoms with van der Waals surface area (Å²) in [6, 6.07) is 13.5. The fraction of sp³-hybridized carbons (Fsp3) is 0.250. The summed E-state index contributed by atoms with van der Waals surface area (Å²) in [6.07, 6.45) is 0. The fourth-order valence-corrected chi connectivity index (χ4v) is 2.40. The molecule has 1 N–H and O–H groups in total. The molecule has 1 unspecified atom stereocenters. The van der Waals surface area contributed by atoms with Crippen molar-refractivity contribution < 1.29 is 5.11 Å². The van der Waals surface area contributed by atoms with Crippen LogP contribution in [0.3, 0.4) is 0 Å². The summed E-state index contributed by atoms with van der Waals surface area (Å²) < 4.78 is 0. The average Bonchev–Trinajstić information content (AvgIpc) is 2.32. The molecule has 0 amide bonds. The van der Waals surface area contributed by atoms with Gasteiger partial charge in [0.15, 0.2) is 0 Å². The standard InChI is InChI=1S/C16H17ClO/c1-11-7-8-12(2)15(9-11)16(3,18)13-5-4-6-14(17)10-13/h4-10,18H,1-3H3. The zero-order valence-electron chi connectivity index (χ0n) is 10.9. The van der Waals surface area contributed by atoms with Crippen LogP contribution in [0.15, 0.2) is 42.5 Å². The number of aliphatic hydroxyl groups is 1. The van der Waals surface area contributed by atoms with Crippen LogP contribution in [0.25, 0.3) is 0 Å². The van der Waals surface area contributed by atoms with E-state index in [0.717, 1.165) is 22.3 Å². The Kier molecular flexibility index (Phi) is 3.47. The van der Waals surface area contributed by atoms with Gasteiger partial charge in [0.1, 0.15) is 5.60 Å². The van der Waals surface area contributed by atoms with Crippen LogP contribution >= 0.6 is 11.6 Å². The summed E-state index contributed by atoms with van der Waals surface area (Å²) in [5.74, 6) is 0. The van der Waals surface area contributed by atoms with E-state index in [1.165, 1.54) is 0 Å². The molecule has 0 aliphatic heterocycles. The molecule has 2 rings (SSSR count). The lowest BCUT2D eigenvalue weighted by Gasteiger charge is -2.27. The first-order valence-electron chi connectivity index (χ1n) is 5.97. The number of hydrogen-bond donors (Lipinski definition) is 1. The van der Waals surface area contributed by atoms with Crippen molar-refractivity contribution in [3.63, 3.8) is 0 Å². The lowest BCUT2D eigenvalue weighted by molar-refractivity contribution is 0.101. The van der Waals surface area contributed by atoms with E-state index in [0.29, 0.717) is 5.02 Å². The van der Waals surface area contributed by atoms with Crippen molar-refractivity contribution >= 4 is 11.6 Å². The largest absolute Gasteiger partial charge is 0.381 e. The molecule has 0 aliphatic carbocycles. The first-order chi connectivity index (χ1) is 8.41. The van der Waals surface area contributed by atoms with E-state index in [1.807, 2.05) is 56.3 Å². The molecule has 0 spiro atoms.